The third-order valence-corrected chi connectivity index (χ3v) is 4.50. The van der Waals surface area contributed by atoms with Crippen LogP contribution in [0.4, 0.5) is 5.69 Å². The molecule has 2 N–H and O–H groups in total. The first-order chi connectivity index (χ1) is 13.1. The van der Waals surface area contributed by atoms with Crippen LogP contribution in [0.2, 0.25) is 0 Å². The van der Waals surface area contributed by atoms with E-state index < -0.39 is 0 Å². The van der Waals surface area contributed by atoms with Crippen LogP contribution in [0.15, 0.2) is 54.6 Å². The van der Waals surface area contributed by atoms with Crippen LogP contribution in [0.3, 0.4) is 0 Å². The molecule has 0 aliphatic carbocycles. The summed E-state index contributed by atoms with van der Waals surface area (Å²) in [4.78, 5) is 37.5. The number of nitrogens with zero attached hydrogens (tertiary/aromatic N) is 1. The summed E-state index contributed by atoms with van der Waals surface area (Å²) >= 11 is 0. The molecule has 0 radical (unpaired) electrons. The average Bonchev–Trinajstić information content (AvgIpc) is 3.13. The van der Waals surface area contributed by atoms with Crippen molar-refractivity contribution in [2.45, 2.75) is 19.3 Å². The first kappa shape index (κ1) is 18.6. The van der Waals surface area contributed by atoms with Crippen LogP contribution in [0.25, 0.3) is 0 Å². The van der Waals surface area contributed by atoms with Gasteiger partial charge in [0.15, 0.2) is 0 Å². The van der Waals surface area contributed by atoms with Gasteiger partial charge in [-0.2, -0.15) is 0 Å². The lowest BCUT2D eigenvalue weighted by Crippen LogP contribution is -2.37. The summed E-state index contributed by atoms with van der Waals surface area (Å²) in [6.07, 6.45) is 2.18. The Labute approximate surface area is 158 Å². The van der Waals surface area contributed by atoms with E-state index in [0.717, 1.165) is 24.1 Å². The number of rotatable bonds is 7. The summed E-state index contributed by atoms with van der Waals surface area (Å²) in [5.74, 6) is -0.426. The third-order valence-electron chi connectivity index (χ3n) is 4.50. The number of benzene rings is 2. The Hall–Kier alpha value is -3.15. The van der Waals surface area contributed by atoms with Gasteiger partial charge in [0.2, 0.25) is 11.8 Å². The van der Waals surface area contributed by atoms with Crippen molar-refractivity contribution in [3.8, 4) is 0 Å². The number of amides is 3. The molecule has 0 unspecified atom stereocenters. The highest BCUT2D eigenvalue weighted by Crippen LogP contribution is 2.21. The smallest absolute Gasteiger partial charge is 0.251 e. The van der Waals surface area contributed by atoms with Gasteiger partial charge in [-0.3, -0.25) is 14.4 Å². The molecule has 1 saturated heterocycles. The Morgan fingerprint density at radius 2 is 1.70 bits per heavy atom. The maximum absolute atomic E-state index is 12.2. The second kappa shape index (κ2) is 8.98. The SMILES string of the molecule is O=C(CNC(=O)c1ccc(N2CCCC2=O)cc1)NCCc1ccccc1. The van der Waals surface area contributed by atoms with Crippen LogP contribution in [0, 0.1) is 0 Å². The maximum Gasteiger partial charge on any atom is 0.251 e. The van der Waals surface area contributed by atoms with Crippen LogP contribution < -0.4 is 15.5 Å². The second-order valence-corrected chi connectivity index (χ2v) is 6.46. The number of anilines is 1. The number of hydrogen-bond acceptors (Lipinski definition) is 3. The number of carbonyl (C=O) groups excluding carboxylic acids is 3. The molecule has 27 heavy (non-hydrogen) atoms. The normalized spacial score (nSPS) is 13.5. The molecule has 2 aromatic carbocycles. The van der Waals surface area contributed by atoms with Crippen molar-refractivity contribution in [3.05, 3.63) is 65.7 Å². The Kier molecular flexibility index (Phi) is 6.20. The average molecular weight is 365 g/mol. The molecule has 1 aliphatic heterocycles. The lowest BCUT2D eigenvalue weighted by atomic mass is 10.1. The van der Waals surface area contributed by atoms with Gasteiger partial charge < -0.3 is 15.5 Å². The van der Waals surface area contributed by atoms with E-state index in [4.69, 9.17) is 0 Å². The van der Waals surface area contributed by atoms with Crippen molar-refractivity contribution in [1.82, 2.24) is 10.6 Å². The molecule has 1 aliphatic rings. The van der Waals surface area contributed by atoms with E-state index in [2.05, 4.69) is 10.6 Å². The van der Waals surface area contributed by atoms with Crippen molar-refractivity contribution in [2.75, 3.05) is 24.5 Å². The van der Waals surface area contributed by atoms with Crippen molar-refractivity contribution in [3.63, 3.8) is 0 Å². The summed E-state index contributed by atoms with van der Waals surface area (Å²) in [7, 11) is 0. The van der Waals surface area contributed by atoms with Crippen molar-refractivity contribution >= 4 is 23.4 Å². The fraction of sp³-hybridized carbons (Fsp3) is 0.286. The van der Waals surface area contributed by atoms with Gasteiger partial charge in [0.1, 0.15) is 0 Å². The Bertz CT molecular complexity index is 803. The highest BCUT2D eigenvalue weighted by Gasteiger charge is 2.21. The summed E-state index contributed by atoms with van der Waals surface area (Å²) in [6, 6.07) is 16.8. The van der Waals surface area contributed by atoms with Gasteiger partial charge in [-0.15, -0.1) is 0 Å². The molecule has 0 saturated carbocycles. The molecule has 3 amide bonds. The predicted octanol–water partition coefficient (Wildman–Crippen LogP) is 1.90. The summed E-state index contributed by atoms with van der Waals surface area (Å²) in [5.41, 5.74) is 2.41. The molecule has 0 bridgehead atoms. The zero-order valence-electron chi connectivity index (χ0n) is 15.1. The maximum atomic E-state index is 12.2. The molecule has 0 spiro atoms. The number of hydrogen-bond donors (Lipinski definition) is 2. The van der Waals surface area contributed by atoms with Gasteiger partial charge in [-0.1, -0.05) is 30.3 Å². The van der Waals surface area contributed by atoms with Crippen molar-refractivity contribution in [2.24, 2.45) is 0 Å². The number of carbonyl (C=O) groups is 3. The van der Waals surface area contributed by atoms with Crippen molar-refractivity contribution < 1.29 is 14.4 Å². The molecule has 140 valence electrons. The largest absolute Gasteiger partial charge is 0.354 e. The van der Waals surface area contributed by atoms with E-state index in [1.54, 1.807) is 29.2 Å². The summed E-state index contributed by atoms with van der Waals surface area (Å²) in [5, 5.41) is 5.40. The van der Waals surface area contributed by atoms with Gasteiger partial charge in [0, 0.05) is 30.8 Å². The molecular weight excluding hydrogens is 342 g/mol. The zero-order valence-corrected chi connectivity index (χ0v) is 15.1. The third kappa shape index (κ3) is 5.17. The van der Waals surface area contributed by atoms with Crippen LogP contribution in [-0.4, -0.2) is 37.4 Å². The fourth-order valence-corrected chi connectivity index (χ4v) is 3.03. The Morgan fingerprint density at radius 1 is 0.963 bits per heavy atom. The molecule has 6 nitrogen and oxygen atoms in total. The lowest BCUT2D eigenvalue weighted by molar-refractivity contribution is -0.120. The molecule has 0 aromatic heterocycles. The zero-order chi connectivity index (χ0) is 19.1. The Morgan fingerprint density at radius 3 is 2.37 bits per heavy atom. The fourth-order valence-electron chi connectivity index (χ4n) is 3.03. The summed E-state index contributed by atoms with van der Waals surface area (Å²) in [6.45, 7) is 1.17. The van der Waals surface area contributed by atoms with E-state index in [-0.39, 0.29) is 24.3 Å². The van der Waals surface area contributed by atoms with Gasteiger partial charge in [-0.05, 0) is 42.7 Å². The predicted molar refractivity (Wildman–Crippen MR) is 104 cm³/mol. The lowest BCUT2D eigenvalue weighted by Gasteiger charge is -2.15. The summed E-state index contributed by atoms with van der Waals surface area (Å²) < 4.78 is 0. The van der Waals surface area contributed by atoms with Gasteiger partial charge in [0.05, 0.1) is 6.54 Å². The van der Waals surface area contributed by atoms with E-state index in [0.29, 0.717) is 25.1 Å². The molecule has 1 heterocycles. The van der Waals surface area contributed by atoms with E-state index >= 15 is 0 Å². The van der Waals surface area contributed by atoms with E-state index in [1.165, 1.54) is 0 Å². The second-order valence-electron chi connectivity index (χ2n) is 6.46. The first-order valence-electron chi connectivity index (χ1n) is 9.13. The quantitative estimate of drug-likeness (QED) is 0.787. The van der Waals surface area contributed by atoms with E-state index in [9.17, 15) is 14.4 Å². The van der Waals surface area contributed by atoms with Crippen molar-refractivity contribution in [1.29, 1.82) is 0 Å². The van der Waals surface area contributed by atoms with Gasteiger partial charge in [0.25, 0.3) is 5.91 Å². The minimum absolute atomic E-state index is 0.0695. The highest BCUT2D eigenvalue weighted by molar-refractivity contribution is 5.98. The standard InChI is InChI=1S/C21H23N3O3/c25-19(22-13-12-16-5-2-1-3-6-16)15-23-21(27)17-8-10-18(11-9-17)24-14-4-7-20(24)26/h1-3,5-6,8-11H,4,7,12-15H2,(H,22,25)(H,23,27). The molecule has 6 heteroatoms. The topological polar surface area (TPSA) is 78.5 Å². The number of nitrogens with one attached hydrogen (secondary N) is 2. The van der Waals surface area contributed by atoms with Crippen LogP contribution in [0.1, 0.15) is 28.8 Å². The molecule has 0 atom stereocenters. The molecule has 3 rings (SSSR count). The van der Waals surface area contributed by atoms with Crippen LogP contribution in [-0.2, 0) is 16.0 Å². The Balaban J connectivity index is 1.42. The monoisotopic (exact) mass is 365 g/mol. The van der Waals surface area contributed by atoms with Gasteiger partial charge >= 0.3 is 0 Å². The molecule has 2 aromatic rings. The molecule has 1 fully saturated rings. The van der Waals surface area contributed by atoms with Crippen LogP contribution >= 0.6 is 0 Å². The molecular formula is C21H23N3O3. The van der Waals surface area contributed by atoms with E-state index in [1.807, 2.05) is 30.3 Å². The first-order valence-corrected chi connectivity index (χ1v) is 9.13. The van der Waals surface area contributed by atoms with Crippen LogP contribution in [0.5, 0.6) is 0 Å². The highest BCUT2D eigenvalue weighted by atomic mass is 16.2. The minimum atomic E-state index is -0.312. The van der Waals surface area contributed by atoms with Gasteiger partial charge in [-0.25, -0.2) is 0 Å². The minimum Gasteiger partial charge on any atom is -0.354 e.